The van der Waals surface area contributed by atoms with Crippen LogP contribution in [0.25, 0.3) is 0 Å². The van der Waals surface area contributed by atoms with Crippen molar-refractivity contribution in [1.82, 2.24) is 9.97 Å². The second-order valence-electron chi connectivity index (χ2n) is 7.50. The summed E-state index contributed by atoms with van der Waals surface area (Å²) in [5.74, 6) is 0.798. The number of rotatable bonds is 6. The molecular weight excluding hydrogens is 417 g/mol. The van der Waals surface area contributed by atoms with Crippen LogP contribution < -0.4 is 14.9 Å². The van der Waals surface area contributed by atoms with Crippen molar-refractivity contribution in [3.05, 3.63) is 66.1 Å². The van der Waals surface area contributed by atoms with Crippen molar-refractivity contribution in [1.29, 1.82) is 0 Å². The molecule has 0 bridgehead atoms. The Balaban J connectivity index is 1.47. The van der Waals surface area contributed by atoms with E-state index in [0.29, 0.717) is 11.6 Å². The van der Waals surface area contributed by atoms with Crippen LogP contribution >= 0.6 is 0 Å². The normalized spacial score (nSPS) is 14.3. The Bertz CT molecular complexity index is 1160. The molecule has 0 saturated carbocycles. The highest BCUT2D eigenvalue weighted by Gasteiger charge is 2.16. The summed E-state index contributed by atoms with van der Waals surface area (Å²) in [6.07, 6.45) is 3.58. The average Bonchev–Trinajstić information content (AvgIpc) is 2.75. The Hall–Kier alpha value is -3.20. The van der Waals surface area contributed by atoms with Crippen molar-refractivity contribution >= 4 is 33.2 Å². The molecule has 3 aromatic rings. The molecule has 0 amide bonds. The molecule has 0 aliphatic carbocycles. The number of piperidine rings is 1. The van der Waals surface area contributed by atoms with E-state index >= 15 is 0 Å². The Morgan fingerprint density at radius 1 is 0.935 bits per heavy atom. The summed E-state index contributed by atoms with van der Waals surface area (Å²) in [6.45, 7) is 3.93. The molecule has 7 nitrogen and oxygen atoms in total. The summed E-state index contributed by atoms with van der Waals surface area (Å²) >= 11 is 0. The van der Waals surface area contributed by atoms with Crippen molar-refractivity contribution in [2.75, 3.05) is 28.0 Å². The van der Waals surface area contributed by atoms with Gasteiger partial charge >= 0.3 is 0 Å². The van der Waals surface area contributed by atoms with Crippen LogP contribution in [0.4, 0.5) is 27.5 Å². The van der Waals surface area contributed by atoms with E-state index in [1.165, 1.54) is 37.5 Å². The molecule has 31 heavy (non-hydrogen) atoms. The number of nitrogens with one attached hydrogen (secondary N) is 2. The molecule has 1 fully saturated rings. The number of anilines is 4. The number of aryl methyl sites for hydroxylation is 1. The number of hydrogen-bond acceptors (Lipinski definition) is 6. The van der Waals surface area contributed by atoms with Crippen molar-refractivity contribution in [2.45, 2.75) is 31.1 Å². The zero-order chi connectivity index (χ0) is 21.8. The predicted octanol–water partition coefficient (Wildman–Crippen LogP) is 4.46. The second-order valence-corrected chi connectivity index (χ2v) is 9.19. The van der Waals surface area contributed by atoms with Crippen LogP contribution in [0.1, 0.15) is 25.0 Å². The molecule has 1 aliphatic rings. The standard InChI is InChI=1S/C22H24FN5O2S/c1-16-14-21(28-12-3-2-4-13-28)26-22(24-16)25-18-8-10-19(11-9-18)27-31(29,30)20-7-5-6-17(23)15-20/h5-11,14-15,27H,2-4,12-13H2,1H3,(H,24,25,26). The molecule has 1 aromatic heterocycles. The van der Waals surface area contributed by atoms with Crippen molar-refractivity contribution < 1.29 is 12.8 Å². The molecule has 1 saturated heterocycles. The van der Waals surface area contributed by atoms with Crippen LogP contribution in [0.15, 0.2) is 59.5 Å². The smallest absolute Gasteiger partial charge is 0.261 e. The third kappa shape index (κ3) is 5.29. The molecular formula is C22H24FN5O2S. The first-order valence-corrected chi connectivity index (χ1v) is 11.6. The van der Waals surface area contributed by atoms with E-state index in [2.05, 4.69) is 24.9 Å². The minimum absolute atomic E-state index is 0.131. The van der Waals surface area contributed by atoms with Gasteiger partial charge in [-0.05, 0) is 68.7 Å². The van der Waals surface area contributed by atoms with Crippen LogP contribution in [-0.4, -0.2) is 31.5 Å². The third-order valence-corrected chi connectivity index (χ3v) is 6.40. The molecule has 2 heterocycles. The minimum atomic E-state index is -3.87. The van der Waals surface area contributed by atoms with Crippen LogP contribution in [-0.2, 0) is 10.0 Å². The summed E-state index contributed by atoms with van der Waals surface area (Å²) in [4.78, 5) is 11.2. The van der Waals surface area contributed by atoms with Gasteiger partial charge in [0.05, 0.1) is 4.90 Å². The number of aromatic nitrogens is 2. The van der Waals surface area contributed by atoms with E-state index < -0.39 is 15.8 Å². The van der Waals surface area contributed by atoms with E-state index in [0.717, 1.165) is 36.4 Å². The highest BCUT2D eigenvalue weighted by atomic mass is 32.2. The van der Waals surface area contributed by atoms with Gasteiger partial charge in [0.2, 0.25) is 5.95 Å². The van der Waals surface area contributed by atoms with Crippen molar-refractivity contribution in [2.24, 2.45) is 0 Å². The Morgan fingerprint density at radius 2 is 1.65 bits per heavy atom. The van der Waals surface area contributed by atoms with Gasteiger partial charge in [-0.25, -0.2) is 17.8 Å². The topological polar surface area (TPSA) is 87.2 Å². The predicted molar refractivity (Wildman–Crippen MR) is 120 cm³/mol. The van der Waals surface area contributed by atoms with Gasteiger partial charge in [-0.15, -0.1) is 0 Å². The summed E-state index contributed by atoms with van der Waals surface area (Å²) in [5.41, 5.74) is 1.97. The van der Waals surface area contributed by atoms with E-state index in [4.69, 9.17) is 0 Å². The molecule has 0 radical (unpaired) electrons. The maximum Gasteiger partial charge on any atom is 0.261 e. The monoisotopic (exact) mass is 441 g/mol. The Labute approximate surface area is 181 Å². The third-order valence-electron chi connectivity index (χ3n) is 5.02. The number of hydrogen-bond donors (Lipinski definition) is 2. The quantitative estimate of drug-likeness (QED) is 0.587. The van der Waals surface area contributed by atoms with Gasteiger partial charge in [-0.1, -0.05) is 6.07 Å². The van der Waals surface area contributed by atoms with Gasteiger partial charge in [0.25, 0.3) is 10.0 Å². The molecule has 1 aliphatic heterocycles. The first-order chi connectivity index (χ1) is 14.9. The lowest BCUT2D eigenvalue weighted by Gasteiger charge is -2.28. The van der Waals surface area contributed by atoms with Gasteiger partial charge in [0, 0.05) is 36.2 Å². The Kier molecular flexibility index (Phi) is 6.03. The number of benzene rings is 2. The van der Waals surface area contributed by atoms with E-state index in [1.54, 1.807) is 24.3 Å². The minimum Gasteiger partial charge on any atom is -0.356 e. The highest BCUT2D eigenvalue weighted by Crippen LogP contribution is 2.23. The molecule has 0 atom stereocenters. The summed E-state index contributed by atoms with van der Waals surface area (Å²) in [7, 11) is -3.87. The molecule has 9 heteroatoms. The fraction of sp³-hybridized carbons (Fsp3) is 0.273. The molecule has 0 spiro atoms. The van der Waals surface area contributed by atoms with Crippen LogP contribution in [0.2, 0.25) is 0 Å². The van der Waals surface area contributed by atoms with Crippen LogP contribution in [0, 0.1) is 12.7 Å². The zero-order valence-corrected chi connectivity index (χ0v) is 18.0. The molecule has 2 aromatic carbocycles. The summed E-state index contributed by atoms with van der Waals surface area (Å²) in [5, 5.41) is 3.18. The van der Waals surface area contributed by atoms with Crippen LogP contribution in [0.3, 0.4) is 0 Å². The van der Waals surface area contributed by atoms with Gasteiger partial charge in [-0.2, -0.15) is 4.98 Å². The van der Waals surface area contributed by atoms with Crippen LogP contribution in [0.5, 0.6) is 0 Å². The summed E-state index contributed by atoms with van der Waals surface area (Å²) in [6, 6.07) is 13.6. The molecule has 162 valence electrons. The van der Waals surface area contributed by atoms with E-state index in [-0.39, 0.29) is 4.90 Å². The molecule has 4 rings (SSSR count). The first kappa shape index (κ1) is 21.0. The SMILES string of the molecule is Cc1cc(N2CCCCC2)nc(Nc2ccc(NS(=O)(=O)c3cccc(F)c3)cc2)n1. The lowest BCUT2D eigenvalue weighted by molar-refractivity contribution is 0.573. The lowest BCUT2D eigenvalue weighted by Crippen LogP contribution is -2.30. The van der Waals surface area contributed by atoms with Gasteiger partial charge < -0.3 is 10.2 Å². The lowest BCUT2D eigenvalue weighted by atomic mass is 10.1. The maximum atomic E-state index is 13.4. The number of nitrogens with zero attached hydrogens (tertiary/aromatic N) is 3. The second kappa shape index (κ2) is 8.89. The van der Waals surface area contributed by atoms with Crippen molar-refractivity contribution in [3.8, 4) is 0 Å². The average molecular weight is 442 g/mol. The van der Waals surface area contributed by atoms with E-state index in [9.17, 15) is 12.8 Å². The fourth-order valence-electron chi connectivity index (χ4n) is 3.49. The molecule has 0 unspecified atom stereocenters. The van der Waals surface area contributed by atoms with Gasteiger partial charge in [0.15, 0.2) is 0 Å². The largest absolute Gasteiger partial charge is 0.356 e. The number of halogens is 1. The summed E-state index contributed by atoms with van der Waals surface area (Å²) < 4.78 is 40.7. The van der Waals surface area contributed by atoms with Crippen molar-refractivity contribution in [3.63, 3.8) is 0 Å². The molecule has 2 N–H and O–H groups in total. The fourth-order valence-corrected chi connectivity index (χ4v) is 4.58. The first-order valence-electron chi connectivity index (χ1n) is 10.2. The highest BCUT2D eigenvalue weighted by molar-refractivity contribution is 7.92. The van der Waals surface area contributed by atoms with Gasteiger partial charge in [0.1, 0.15) is 11.6 Å². The number of sulfonamides is 1. The van der Waals surface area contributed by atoms with E-state index in [1.807, 2.05) is 13.0 Å². The zero-order valence-electron chi connectivity index (χ0n) is 17.2. The van der Waals surface area contributed by atoms with Gasteiger partial charge in [-0.3, -0.25) is 4.72 Å². The maximum absolute atomic E-state index is 13.4. The Morgan fingerprint density at radius 3 is 2.35 bits per heavy atom.